The maximum absolute atomic E-state index is 12.4. The lowest BCUT2D eigenvalue weighted by molar-refractivity contribution is 0.1000. The van der Waals surface area contributed by atoms with Gasteiger partial charge in [-0.25, -0.2) is 0 Å². The SMILES string of the molecule is C[C@@H]1CCc2sc(NC(=O)c3ccccc3Cl)c(C(N)=O)c2C1. The lowest BCUT2D eigenvalue weighted by Gasteiger charge is -2.18. The molecule has 2 aromatic rings. The lowest BCUT2D eigenvalue weighted by Crippen LogP contribution is -2.20. The highest BCUT2D eigenvalue weighted by Crippen LogP contribution is 2.39. The van der Waals surface area contributed by atoms with E-state index in [9.17, 15) is 9.59 Å². The molecule has 0 aliphatic heterocycles. The van der Waals surface area contributed by atoms with E-state index in [1.165, 1.54) is 11.3 Å². The first-order chi connectivity index (χ1) is 11.0. The van der Waals surface area contributed by atoms with Crippen molar-refractivity contribution in [2.75, 3.05) is 5.32 Å². The van der Waals surface area contributed by atoms with Crippen molar-refractivity contribution in [1.82, 2.24) is 0 Å². The van der Waals surface area contributed by atoms with Crippen LogP contribution >= 0.6 is 22.9 Å². The summed E-state index contributed by atoms with van der Waals surface area (Å²) >= 11 is 7.50. The molecule has 1 atom stereocenters. The predicted molar refractivity (Wildman–Crippen MR) is 93.4 cm³/mol. The number of nitrogens with one attached hydrogen (secondary N) is 1. The van der Waals surface area contributed by atoms with Crippen molar-refractivity contribution in [2.24, 2.45) is 11.7 Å². The Labute approximate surface area is 143 Å². The van der Waals surface area contributed by atoms with Crippen LogP contribution in [0, 0.1) is 5.92 Å². The molecule has 0 fully saturated rings. The molecular formula is C17H17ClN2O2S. The molecule has 1 heterocycles. The van der Waals surface area contributed by atoms with Gasteiger partial charge in [-0.2, -0.15) is 0 Å². The van der Waals surface area contributed by atoms with E-state index >= 15 is 0 Å². The maximum Gasteiger partial charge on any atom is 0.257 e. The van der Waals surface area contributed by atoms with Crippen LogP contribution < -0.4 is 11.1 Å². The third-order valence-corrected chi connectivity index (χ3v) is 5.64. The number of fused-ring (bicyclic) bond motifs is 1. The molecule has 0 saturated carbocycles. The standard InChI is InChI=1S/C17H17ClN2O2S/c1-9-6-7-13-11(8-9)14(15(19)21)17(23-13)20-16(22)10-4-2-3-5-12(10)18/h2-5,9H,6-8H2,1H3,(H2,19,21)(H,20,22)/t9-/m1/s1. The van der Waals surface area contributed by atoms with Crippen LogP contribution in [0.5, 0.6) is 0 Å². The van der Waals surface area contributed by atoms with Crippen LogP contribution in [0.2, 0.25) is 5.02 Å². The van der Waals surface area contributed by atoms with E-state index in [4.69, 9.17) is 17.3 Å². The second-order valence-electron chi connectivity index (χ2n) is 5.85. The molecule has 0 saturated heterocycles. The van der Waals surface area contributed by atoms with Gasteiger partial charge in [0.1, 0.15) is 5.00 Å². The Morgan fingerprint density at radius 3 is 2.78 bits per heavy atom. The second-order valence-corrected chi connectivity index (χ2v) is 7.37. The highest BCUT2D eigenvalue weighted by Gasteiger charge is 2.27. The molecule has 4 nitrogen and oxygen atoms in total. The molecule has 1 aromatic carbocycles. The van der Waals surface area contributed by atoms with E-state index in [1.54, 1.807) is 24.3 Å². The summed E-state index contributed by atoms with van der Waals surface area (Å²) in [6.07, 6.45) is 2.83. The fourth-order valence-electron chi connectivity index (χ4n) is 2.92. The molecule has 0 unspecified atom stereocenters. The van der Waals surface area contributed by atoms with Crippen molar-refractivity contribution in [3.05, 3.63) is 50.9 Å². The van der Waals surface area contributed by atoms with Crippen LogP contribution in [0.4, 0.5) is 5.00 Å². The van der Waals surface area contributed by atoms with E-state index in [0.29, 0.717) is 27.1 Å². The molecule has 0 bridgehead atoms. The Morgan fingerprint density at radius 1 is 1.35 bits per heavy atom. The van der Waals surface area contributed by atoms with Gasteiger partial charge in [0, 0.05) is 4.88 Å². The van der Waals surface area contributed by atoms with Crippen LogP contribution in [0.1, 0.15) is 44.5 Å². The van der Waals surface area contributed by atoms with Crippen molar-refractivity contribution < 1.29 is 9.59 Å². The van der Waals surface area contributed by atoms with Gasteiger partial charge < -0.3 is 11.1 Å². The first-order valence-electron chi connectivity index (χ1n) is 7.47. The Balaban J connectivity index is 1.96. The van der Waals surface area contributed by atoms with Crippen molar-refractivity contribution in [3.8, 4) is 0 Å². The number of carbonyl (C=O) groups excluding carboxylic acids is 2. The summed E-state index contributed by atoms with van der Waals surface area (Å²) in [7, 11) is 0. The van der Waals surface area contributed by atoms with Crippen molar-refractivity contribution in [2.45, 2.75) is 26.2 Å². The topological polar surface area (TPSA) is 72.2 Å². The molecular weight excluding hydrogens is 332 g/mol. The maximum atomic E-state index is 12.4. The number of rotatable bonds is 3. The number of amides is 2. The molecule has 1 aromatic heterocycles. The zero-order valence-corrected chi connectivity index (χ0v) is 14.3. The van der Waals surface area contributed by atoms with Crippen LogP contribution in [-0.2, 0) is 12.8 Å². The number of anilines is 1. The first kappa shape index (κ1) is 16.0. The van der Waals surface area contributed by atoms with Crippen LogP contribution in [0.25, 0.3) is 0 Å². The first-order valence-corrected chi connectivity index (χ1v) is 8.67. The number of hydrogen-bond acceptors (Lipinski definition) is 3. The van der Waals surface area contributed by atoms with E-state index < -0.39 is 5.91 Å². The Morgan fingerprint density at radius 2 is 2.09 bits per heavy atom. The van der Waals surface area contributed by atoms with Crippen LogP contribution in [0.3, 0.4) is 0 Å². The minimum Gasteiger partial charge on any atom is -0.365 e. The zero-order chi connectivity index (χ0) is 16.6. The monoisotopic (exact) mass is 348 g/mol. The molecule has 2 amide bonds. The fraction of sp³-hybridized carbons (Fsp3) is 0.294. The number of primary amides is 1. The van der Waals surface area contributed by atoms with Gasteiger partial charge in [-0.05, 0) is 42.9 Å². The third kappa shape index (κ3) is 3.12. The summed E-state index contributed by atoms with van der Waals surface area (Å²) < 4.78 is 0. The molecule has 1 aliphatic rings. The Bertz CT molecular complexity index is 785. The van der Waals surface area contributed by atoms with Gasteiger partial charge in [-0.3, -0.25) is 9.59 Å². The smallest absolute Gasteiger partial charge is 0.257 e. The highest BCUT2D eigenvalue weighted by atomic mass is 35.5. The number of thiophene rings is 1. The fourth-order valence-corrected chi connectivity index (χ4v) is 4.39. The molecule has 6 heteroatoms. The summed E-state index contributed by atoms with van der Waals surface area (Å²) in [6.45, 7) is 2.16. The Kier molecular flexibility index (Phi) is 4.41. The number of halogens is 1. The minimum atomic E-state index is -0.494. The molecule has 0 radical (unpaired) electrons. The number of hydrogen-bond donors (Lipinski definition) is 2. The third-order valence-electron chi connectivity index (χ3n) is 4.10. The molecule has 3 rings (SSSR count). The van der Waals surface area contributed by atoms with Crippen molar-refractivity contribution >= 4 is 39.8 Å². The van der Waals surface area contributed by atoms with E-state index in [2.05, 4.69) is 12.2 Å². The highest BCUT2D eigenvalue weighted by molar-refractivity contribution is 7.17. The minimum absolute atomic E-state index is 0.329. The molecule has 3 N–H and O–H groups in total. The predicted octanol–water partition coefficient (Wildman–Crippen LogP) is 3.88. The largest absolute Gasteiger partial charge is 0.365 e. The van der Waals surface area contributed by atoms with Crippen LogP contribution in [0.15, 0.2) is 24.3 Å². The van der Waals surface area contributed by atoms with Gasteiger partial charge in [-0.1, -0.05) is 30.7 Å². The summed E-state index contributed by atoms with van der Waals surface area (Å²) in [5.74, 6) is -0.307. The van der Waals surface area contributed by atoms with Crippen molar-refractivity contribution in [1.29, 1.82) is 0 Å². The van der Waals surface area contributed by atoms with Gasteiger partial charge in [0.2, 0.25) is 0 Å². The van der Waals surface area contributed by atoms with Gasteiger partial charge in [0.15, 0.2) is 0 Å². The Hall–Kier alpha value is -1.85. The van der Waals surface area contributed by atoms with Gasteiger partial charge in [-0.15, -0.1) is 11.3 Å². The second kappa shape index (κ2) is 6.34. The summed E-state index contributed by atoms with van der Waals surface area (Å²) in [4.78, 5) is 25.5. The van der Waals surface area contributed by atoms with E-state index in [1.807, 2.05) is 0 Å². The van der Waals surface area contributed by atoms with E-state index in [-0.39, 0.29) is 5.91 Å². The summed E-state index contributed by atoms with van der Waals surface area (Å²) in [6, 6.07) is 6.82. The number of nitrogens with two attached hydrogens (primary N) is 1. The van der Waals surface area contributed by atoms with Gasteiger partial charge >= 0.3 is 0 Å². The van der Waals surface area contributed by atoms with Gasteiger partial charge in [0.05, 0.1) is 16.1 Å². The average Bonchev–Trinajstić information content (AvgIpc) is 2.84. The number of carbonyl (C=O) groups is 2. The summed E-state index contributed by atoms with van der Waals surface area (Å²) in [5, 5.41) is 3.72. The number of aryl methyl sites for hydroxylation is 1. The van der Waals surface area contributed by atoms with Crippen LogP contribution in [-0.4, -0.2) is 11.8 Å². The van der Waals surface area contributed by atoms with E-state index in [0.717, 1.165) is 29.7 Å². The molecule has 1 aliphatic carbocycles. The molecule has 23 heavy (non-hydrogen) atoms. The quantitative estimate of drug-likeness (QED) is 0.883. The summed E-state index contributed by atoms with van der Waals surface area (Å²) in [5.41, 5.74) is 7.39. The molecule has 120 valence electrons. The average molecular weight is 349 g/mol. The normalized spacial score (nSPS) is 16.7. The zero-order valence-electron chi connectivity index (χ0n) is 12.7. The van der Waals surface area contributed by atoms with Crippen molar-refractivity contribution in [3.63, 3.8) is 0 Å². The molecule has 0 spiro atoms. The number of benzene rings is 1. The van der Waals surface area contributed by atoms with Gasteiger partial charge in [0.25, 0.3) is 11.8 Å². The lowest BCUT2D eigenvalue weighted by atomic mass is 9.87.